The van der Waals surface area contributed by atoms with Crippen molar-refractivity contribution >= 4 is 23.2 Å². The highest BCUT2D eigenvalue weighted by atomic mass is 19.1. The van der Waals surface area contributed by atoms with E-state index in [9.17, 15) is 24.1 Å². The fourth-order valence-corrected chi connectivity index (χ4v) is 2.79. The van der Waals surface area contributed by atoms with Crippen LogP contribution in [0.1, 0.15) is 16.8 Å². The summed E-state index contributed by atoms with van der Waals surface area (Å²) in [5.74, 6) is -1.33. The summed E-state index contributed by atoms with van der Waals surface area (Å²) in [6.45, 7) is 0.175. The summed E-state index contributed by atoms with van der Waals surface area (Å²) in [4.78, 5) is 36.2. The number of carbonyl (C=O) groups is 2. The summed E-state index contributed by atoms with van der Waals surface area (Å²) in [5.41, 5.74) is 0.0444. The number of benzene rings is 2. The van der Waals surface area contributed by atoms with Gasteiger partial charge in [-0.3, -0.25) is 19.7 Å². The van der Waals surface area contributed by atoms with Gasteiger partial charge in [0.1, 0.15) is 11.4 Å². The lowest BCUT2D eigenvalue weighted by molar-refractivity contribution is -0.385. The molecule has 7 nitrogen and oxygen atoms in total. The summed E-state index contributed by atoms with van der Waals surface area (Å²) in [7, 11) is 0. The van der Waals surface area contributed by atoms with Crippen molar-refractivity contribution in [2.24, 2.45) is 0 Å². The molecule has 1 aliphatic heterocycles. The van der Waals surface area contributed by atoms with Crippen LogP contribution in [0.3, 0.4) is 0 Å². The van der Waals surface area contributed by atoms with Gasteiger partial charge >= 0.3 is 0 Å². The average Bonchev–Trinajstić information content (AvgIpc) is 2.95. The molecule has 8 heteroatoms. The average molecular weight is 343 g/mol. The van der Waals surface area contributed by atoms with Gasteiger partial charge in [0.15, 0.2) is 0 Å². The van der Waals surface area contributed by atoms with E-state index in [1.54, 1.807) is 6.07 Å². The Kier molecular flexibility index (Phi) is 4.42. The third kappa shape index (κ3) is 3.47. The van der Waals surface area contributed by atoms with E-state index in [-0.39, 0.29) is 30.1 Å². The molecule has 0 aliphatic carbocycles. The van der Waals surface area contributed by atoms with Crippen LogP contribution in [0.15, 0.2) is 48.5 Å². The van der Waals surface area contributed by atoms with Crippen molar-refractivity contribution in [3.05, 3.63) is 70.0 Å². The zero-order valence-corrected chi connectivity index (χ0v) is 13.0. The molecular formula is C17H14FN3O4. The molecule has 1 fully saturated rings. The largest absolute Gasteiger partial charge is 0.347 e. The lowest BCUT2D eigenvalue weighted by Crippen LogP contribution is -2.37. The minimum Gasteiger partial charge on any atom is -0.347 e. The van der Waals surface area contributed by atoms with E-state index in [2.05, 4.69) is 5.32 Å². The molecule has 0 spiro atoms. The molecule has 1 saturated heterocycles. The molecule has 0 aromatic heterocycles. The van der Waals surface area contributed by atoms with E-state index < -0.39 is 22.7 Å². The van der Waals surface area contributed by atoms with E-state index in [0.717, 1.165) is 0 Å². The van der Waals surface area contributed by atoms with Crippen molar-refractivity contribution in [1.29, 1.82) is 0 Å². The summed E-state index contributed by atoms with van der Waals surface area (Å²) in [5, 5.41) is 13.6. The SMILES string of the molecule is O=C(N[C@H]1CC(=O)N(c2cccc(F)c2)C1)c1ccccc1[N+](=O)[O-]. The molecule has 3 rings (SSSR count). The van der Waals surface area contributed by atoms with Crippen LogP contribution in [0.5, 0.6) is 0 Å². The number of rotatable bonds is 4. The first-order valence-corrected chi connectivity index (χ1v) is 7.56. The van der Waals surface area contributed by atoms with Gasteiger partial charge in [-0.05, 0) is 24.3 Å². The third-order valence-electron chi connectivity index (χ3n) is 3.93. The van der Waals surface area contributed by atoms with Gasteiger partial charge in [0.2, 0.25) is 5.91 Å². The van der Waals surface area contributed by atoms with Crippen LogP contribution < -0.4 is 10.2 Å². The summed E-state index contributed by atoms with van der Waals surface area (Å²) < 4.78 is 13.3. The third-order valence-corrected chi connectivity index (χ3v) is 3.93. The van der Waals surface area contributed by atoms with Gasteiger partial charge in [-0.15, -0.1) is 0 Å². The Bertz CT molecular complexity index is 855. The summed E-state index contributed by atoms with van der Waals surface area (Å²) in [6.07, 6.45) is 0.0445. The second kappa shape index (κ2) is 6.68. The Morgan fingerprint density at radius 1 is 1.24 bits per heavy atom. The first-order chi connectivity index (χ1) is 12.0. The molecule has 1 atom stereocenters. The molecule has 1 aliphatic rings. The van der Waals surface area contributed by atoms with E-state index >= 15 is 0 Å². The number of halogens is 1. The Balaban J connectivity index is 1.74. The fraction of sp³-hybridized carbons (Fsp3) is 0.176. The number of para-hydroxylation sites is 1. The topological polar surface area (TPSA) is 92.6 Å². The zero-order chi connectivity index (χ0) is 18.0. The van der Waals surface area contributed by atoms with Crippen LogP contribution in [0.2, 0.25) is 0 Å². The van der Waals surface area contributed by atoms with Gasteiger partial charge in [-0.2, -0.15) is 0 Å². The first kappa shape index (κ1) is 16.6. The number of hydrogen-bond donors (Lipinski definition) is 1. The molecule has 0 saturated carbocycles. The van der Waals surface area contributed by atoms with Crippen molar-refractivity contribution in [1.82, 2.24) is 5.32 Å². The van der Waals surface area contributed by atoms with Crippen molar-refractivity contribution in [3.8, 4) is 0 Å². The number of nitrogens with zero attached hydrogens (tertiary/aromatic N) is 2. The highest BCUT2D eigenvalue weighted by Gasteiger charge is 2.33. The van der Waals surface area contributed by atoms with E-state index in [0.29, 0.717) is 5.69 Å². The molecule has 0 unspecified atom stereocenters. The molecule has 128 valence electrons. The lowest BCUT2D eigenvalue weighted by atomic mass is 10.1. The predicted octanol–water partition coefficient (Wildman–Crippen LogP) is 2.27. The number of anilines is 1. The van der Waals surface area contributed by atoms with Crippen LogP contribution in [0, 0.1) is 15.9 Å². The molecule has 2 aromatic carbocycles. The second-order valence-corrected chi connectivity index (χ2v) is 5.63. The minimum atomic E-state index is -0.631. The van der Waals surface area contributed by atoms with Crippen molar-refractivity contribution < 1.29 is 18.9 Å². The zero-order valence-electron chi connectivity index (χ0n) is 13.0. The van der Waals surface area contributed by atoms with Gasteiger partial charge in [0.25, 0.3) is 11.6 Å². The fourth-order valence-electron chi connectivity index (χ4n) is 2.79. The number of nitro benzene ring substituents is 1. The number of nitro groups is 1. The van der Waals surface area contributed by atoms with Crippen molar-refractivity contribution in [2.75, 3.05) is 11.4 Å². The normalized spacial score (nSPS) is 16.8. The maximum Gasteiger partial charge on any atom is 0.282 e. The molecule has 0 bridgehead atoms. The molecule has 25 heavy (non-hydrogen) atoms. The smallest absolute Gasteiger partial charge is 0.282 e. The van der Waals surface area contributed by atoms with Crippen molar-refractivity contribution in [3.63, 3.8) is 0 Å². The maximum atomic E-state index is 13.3. The highest BCUT2D eigenvalue weighted by Crippen LogP contribution is 2.23. The standard InChI is InChI=1S/C17H14FN3O4/c18-11-4-3-5-13(8-11)20-10-12(9-16(20)22)19-17(23)14-6-1-2-7-15(14)21(24)25/h1-8,12H,9-10H2,(H,19,23)/t12-/m0/s1. The van der Waals surface area contributed by atoms with Crippen LogP contribution >= 0.6 is 0 Å². The van der Waals surface area contributed by atoms with Gasteiger partial charge < -0.3 is 10.2 Å². The second-order valence-electron chi connectivity index (χ2n) is 5.63. The minimum absolute atomic E-state index is 0.0445. The maximum absolute atomic E-state index is 13.3. The van der Waals surface area contributed by atoms with E-state index in [1.165, 1.54) is 47.4 Å². The Hall–Kier alpha value is -3.29. The molecule has 2 amide bonds. The molecule has 1 N–H and O–H groups in total. The van der Waals surface area contributed by atoms with E-state index in [4.69, 9.17) is 0 Å². The number of amides is 2. The monoisotopic (exact) mass is 343 g/mol. The van der Waals surface area contributed by atoms with E-state index in [1.807, 2.05) is 0 Å². The number of carbonyl (C=O) groups excluding carboxylic acids is 2. The van der Waals surface area contributed by atoms with Gasteiger partial charge in [0, 0.05) is 24.7 Å². The Morgan fingerprint density at radius 2 is 2.00 bits per heavy atom. The first-order valence-electron chi connectivity index (χ1n) is 7.56. The highest BCUT2D eigenvalue weighted by molar-refractivity contribution is 6.00. The summed E-state index contributed by atoms with van der Waals surface area (Å²) in [6, 6.07) is 10.7. The molecule has 1 heterocycles. The lowest BCUT2D eigenvalue weighted by Gasteiger charge is -2.17. The van der Waals surface area contributed by atoms with Gasteiger partial charge in [-0.25, -0.2) is 4.39 Å². The van der Waals surface area contributed by atoms with Gasteiger partial charge in [0.05, 0.1) is 11.0 Å². The van der Waals surface area contributed by atoms with Crippen molar-refractivity contribution in [2.45, 2.75) is 12.5 Å². The van der Waals surface area contributed by atoms with Crippen LogP contribution in [0.25, 0.3) is 0 Å². The summed E-state index contributed by atoms with van der Waals surface area (Å²) >= 11 is 0. The van der Waals surface area contributed by atoms with Gasteiger partial charge in [-0.1, -0.05) is 18.2 Å². The predicted molar refractivity (Wildman–Crippen MR) is 87.7 cm³/mol. The number of nitrogens with one attached hydrogen (secondary N) is 1. The quantitative estimate of drug-likeness (QED) is 0.681. The number of hydrogen-bond acceptors (Lipinski definition) is 4. The molecule has 2 aromatic rings. The van der Waals surface area contributed by atoms with Crippen LogP contribution in [-0.2, 0) is 4.79 Å². The molecular weight excluding hydrogens is 329 g/mol. The Morgan fingerprint density at radius 3 is 2.72 bits per heavy atom. The van der Waals surface area contributed by atoms with Crippen LogP contribution in [0.4, 0.5) is 15.8 Å². The Labute approximate surface area is 142 Å². The molecule has 0 radical (unpaired) electrons. The van der Waals surface area contributed by atoms with Crippen LogP contribution in [-0.4, -0.2) is 29.3 Å².